The molecule has 7 fully saturated rings. The van der Waals surface area contributed by atoms with Crippen LogP contribution >= 0.6 is 0 Å². The summed E-state index contributed by atoms with van der Waals surface area (Å²) >= 11 is 0. The monoisotopic (exact) mass is 787 g/mol. The molecular formula is C45H74N2O7S. The third-order valence-electron chi connectivity index (χ3n) is 19.2. The van der Waals surface area contributed by atoms with E-state index < -0.39 is 27.1 Å². The number of hydrogen-bond donors (Lipinski definition) is 3. The van der Waals surface area contributed by atoms with Gasteiger partial charge in [0.25, 0.3) is 0 Å². The fraction of sp³-hybridized carbons (Fsp3) is 0.911. The van der Waals surface area contributed by atoms with Gasteiger partial charge < -0.3 is 20.3 Å². The normalized spacial score (nSPS) is 46.1. The lowest BCUT2D eigenvalue weighted by Gasteiger charge is -2.73. The average Bonchev–Trinajstić information content (AvgIpc) is 3.48. The molecule has 1 aliphatic heterocycles. The van der Waals surface area contributed by atoms with E-state index in [0.29, 0.717) is 49.1 Å². The molecule has 312 valence electrons. The number of nitrogens with zero attached hydrogens (tertiary/aromatic N) is 1. The van der Waals surface area contributed by atoms with E-state index in [1.165, 1.54) is 37.7 Å². The number of carboxylic acid groups (broad SMARTS) is 1. The molecule has 55 heavy (non-hydrogen) atoms. The molecule has 7 rings (SSSR count). The topological polar surface area (TPSA) is 133 Å². The second kappa shape index (κ2) is 14.1. The summed E-state index contributed by atoms with van der Waals surface area (Å²) in [7, 11) is -2.97. The first-order valence-corrected chi connectivity index (χ1v) is 23.8. The van der Waals surface area contributed by atoms with Crippen LogP contribution in [0.3, 0.4) is 0 Å². The van der Waals surface area contributed by atoms with Crippen molar-refractivity contribution < 1.29 is 33.0 Å². The zero-order chi connectivity index (χ0) is 40.1. The molecule has 6 aliphatic carbocycles. The number of ether oxygens (including phenoxy) is 1. The standard InChI is InChI=1S/C45H74N2O7S/c1-28(2)30-12-18-45(46-21-15-29(27-48)47-22-24-55(52,53)25-23-47)20-19-43(8)31(37(30)45)10-11-35-42(7)16-14-36(41(5,6)34(42)13-17-44(35,43)9)54-39(51)33-26-32(38(49)50)40(33,3)4/h29-37,46,48H,1,10-27H2,2-9H3,(H,49,50)/t29?,30-,31+,32-,33+,34-,35+,36-,37+,42-,43+,44+,45-/m0/s1. The van der Waals surface area contributed by atoms with Crippen LogP contribution in [0.25, 0.3) is 0 Å². The quantitative estimate of drug-likeness (QED) is 0.156. The number of nitrogens with one attached hydrogen (secondary N) is 1. The van der Waals surface area contributed by atoms with E-state index in [2.05, 4.69) is 58.3 Å². The summed E-state index contributed by atoms with van der Waals surface area (Å²) in [5, 5.41) is 24.2. The molecule has 10 heteroatoms. The lowest BCUT2D eigenvalue weighted by atomic mass is 9.32. The largest absolute Gasteiger partial charge is 0.481 e. The lowest BCUT2D eigenvalue weighted by molar-refractivity contribution is -0.248. The van der Waals surface area contributed by atoms with Crippen LogP contribution in [0.2, 0.25) is 0 Å². The predicted octanol–water partition coefficient (Wildman–Crippen LogP) is 7.13. The Morgan fingerprint density at radius 1 is 0.855 bits per heavy atom. The van der Waals surface area contributed by atoms with Gasteiger partial charge in [-0.2, -0.15) is 0 Å². The molecule has 0 spiro atoms. The summed E-state index contributed by atoms with van der Waals surface area (Å²) < 4.78 is 30.6. The average molecular weight is 787 g/mol. The van der Waals surface area contributed by atoms with E-state index in [0.717, 1.165) is 45.1 Å². The van der Waals surface area contributed by atoms with Gasteiger partial charge in [-0.15, -0.1) is 0 Å². The summed E-state index contributed by atoms with van der Waals surface area (Å²) in [5.74, 6) is 1.18. The van der Waals surface area contributed by atoms with Crippen LogP contribution in [0, 0.1) is 68.5 Å². The zero-order valence-electron chi connectivity index (χ0n) is 35.4. The van der Waals surface area contributed by atoms with Gasteiger partial charge in [0, 0.05) is 30.1 Å². The molecule has 1 unspecified atom stereocenters. The molecule has 0 aromatic heterocycles. The van der Waals surface area contributed by atoms with E-state index >= 15 is 0 Å². The Kier molecular flexibility index (Phi) is 10.7. The number of carbonyl (C=O) groups is 2. The van der Waals surface area contributed by atoms with Gasteiger partial charge in [0.2, 0.25) is 0 Å². The minimum Gasteiger partial charge on any atom is -0.481 e. The van der Waals surface area contributed by atoms with Crippen LogP contribution in [0.4, 0.5) is 0 Å². The highest BCUT2D eigenvalue weighted by Crippen LogP contribution is 2.76. The number of hydrogen-bond acceptors (Lipinski definition) is 8. The van der Waals surface area contributed by atoms with E-state index in [1.807, 2.05) is 13.8 Å². The minimum atomic E-state index is -2.97. The van der Waals surface area contributed by atoms with E-state index in [-0.39, 0.29) is 69.3 Å². The Balaban J connectivity index is 1.07. The Morgan fingerprint density at radius 2 is 1.55 bits per heavy atom. The van der Waals surface area contributed by atoms with Gasteiger partial charge in [0.15, 0.2) is 9.84 Å². The van der Waals surface area contributed by atoms with Crippen molar-refractivity contribution in [3.05, 3.63) is 12.2 Å². The number of carbonyl (C=O) groups excluding carboxylic acids is 1. The van der Waals surface area contributed by atoms with Crippen LogP contribution in [0.15, 0.2) is 12.2 Å². The highest BCUT2D eigenvalue weighted by Gasteiger charge is 2.71. The Bertz CT molecular complexity index is 1630. The Morgan fingerprint density at radius 3 is 2.16 bits per heavy atom. The number of aliphatic carboxylic acids is 1. The third-order valence-corrected chi connectivity index (χ3v) is 20.8. The fourth-order valence-electron chi connectivity index (χ4n) is 15.6. The molecular weight excluding hydrogens is 713 g/mol. The highest BCUT2D eigenvalue weighted by molar-refractivity contribution is 7.91. The summed E-state index contributed by atoms with van der Waals surface area (Å²) in [6.07, 6.45) is 12.5. The highest BCUT2D eigenvalue weighted by atomic mass is 32.2. The molecule has 1 heterocycles. The minimum absolute atomic E-state index is 0.0208. The van der Waals surface area contributed by atoms with Gasteiger partial charge in [-0.05, 0) is 142 Å². The van der Waals surface area contributed by atoms with Crippen molar-refractivity contribution in [2.75, 3.05) is 37.7 Å². The number of sulfone groups is 1. The summed E-state index contributed by atoms with van der Waals surface area (Å²) in [6.45, 7) is 25.2. The van der Waals surface area contributed by atoms with Crippen molar-refractivity contribution in [2.24, 2.45) is 68.5 Å². The molecule has 0 bridgehead atoms. The maximum atomic E-state index is 13.6. The number of allylic oxidation sites excluding steroid dienone is 1. The fourth-order valence-corrected chi connectivity index (χ4v) is 16.8. The maximum Gasteiger partial charge on any atom is 0.309 e. The lowest BCUT2D eigenvalue weighted by Crippen LogP contribution is -2.69. The second-order valence-corrected chi connectivity index (χ2v) is 24.2. The molecule has 6 saturated carbocycles. The maximum absolute atomic E-state index is 13.6. The van der Waals surface area contributed by atoms with Crippen LogP contribution in [-0.2, 0) is 24.2 Å². The van der Waals surface area contributed by atoms with E-state index in [4.69, 9.17) is 4.74 Å². The second-order valence-electron chi connectivity index (χ2n) is 21.9. The molecule has 0 aromatic rings. The summed E-state index contributed by atoms with van der Waals surface area (Å²) in [5.41, 5.74) is 1.19. The molecule has 13 atom stereocenters. The number of esters is 1. The van der Waals surface area contributed by atoms with Gasteiger partial charge in [0.05, 0.1) is 29.9 Å². The number of aliphatic hydroxyl groups excluding tert-OH is 1. The number of aliphatic hydroxyl groups is 1. The number of carboxylic acids is 1. The molecule has 9 nitrogen and oxygen atoms in total. The third kappa shape index (κ3) is 6.42. The smallest absolute Gasteiger partial charge is 0.309 e. The summed E-state index contributed by atoms with van der Waals surface area (Å²) in [6, 6.07) is -0.0208. The first kappa shape index (κ1) is 41.7. The molecule has 0 radical (unpaired) electrons. The van der Waals surface area contributed by atoms with Crippen LogP contribution in [0.5, 0.6) is 0 Å². The van der Waals surface area contributed by atoms with Crippen LogP contribution in [0.1, 0.15) is 132 Å². The van der Waals surface area contributed by atoms with Gasteiger partial charge in [-0.25, -0.2) is 8.42 Å². The van der Waals surface area contributed by atoms with Gasteiger partial charge in [-0.3, -0.25) is 14.5 Å². The Hall–Kier alpha value is -1.49. The number of fused-ring (bicyclic) bond motifs is 7. The van der Waals surface area contributed by atoms with Gasteiger partial charge >= 0.3 is 11.9 Å². The first-order valence-electron chi connectivity index (χ1n) is 22.0. The molecule has 0 aromatic carbocycles. The zero-order valence-corrected chi connectivity index (χ0v) is 36.2. The molecule has 3 N–H and O–H groups in total. The predicted molar refractivity (Wildman–Crippen MR) is 216 cm³/mol. The van der Waals surface area contributed by atoms with Gasteiger partial charge in [0.1, 0.15) is 6.10 Å². The van der Waals surface area contributed by atoms with Crippen molar-refractivity contribution in [1.29, 1.82) is 0 Å². The van der Waals surface area contributed by atoms with E-state index in [9.17, 15) is 28.2 Å². The van der Waals surface area contributed by atoms with Crippen molar-refractivity contribution in [3.63, 3.8) is 0 Å². The first-order chi connectivity index (χ1) is 25.6. The molecule has 1 saturated heterocycles. The van der Waals surface area contributed by atoms with Crippen molar-refractivity contribution in [1.82, 2.24) is 10.2 Å². The van der Waals surface area contributed by atoms with Crippen LogP contribution in [-0.4, -0.2) is 90.9 Å². The van der Waals surface area contributed by atoms with Crippen molar-refractivity contribution in [2.45, 2.75) is 150 Å². The van der Waals surface area contributed by atoms with Crippen LogP contribution < -0.4 is 5.32 Å². The molecule has 7 aliphatic rings. The van der Waals surface area contributed by atoms with Crippen molar-refractivity contribution in [3.8, 4) is 0 Å². The summed E-state index contributed by atoms with van der Waals surface area (Å²) in [4.78, 5) is 27.6. The van der Waals surface area contributed by atoms with E-state index in [1.54, 1.807) is 0 Å². The van der Waals surface area contributed by atoms with Gasteiger partial charge in [-0.1, -0.05) is 60.6 Å². The SMILES string of the molecule is C=C(C)[C@@H]1CC[C@]2(NCCC(CO)N3CCS(=O)(=O)CC3)CC[C@]3(C)[C@H](CC[C@@H]4[C@@]5(C)CC[C@H](OC(=O)[C@H]6C[C@@H](C(=O)O)C6(C)C)C(C)(C)[C@@H]5CC[C@]43C)[C@@H]12. The Labute approximate surface area is 332 Å². The molecule has 0 amide bonds. The number of rotatable bonds is 10. The van der Waals surface area contributed by atoms with Crippen molar-refractivity contribution >= 4 is 21.8 Å².